The fourth-order valence-corrected chi connectivity index (χ4v) is 2.84. The number of carbonyl (C=O) groups is 1. The van der Waals surface area contributed by atoms with E-state index in [0.717, 1.165) is 10.2 Å². The molecule has 0 bridgehead atoms. The zero-order valence-electron chi connectivity index (χ0n) is 13.4. The van der Waals surface area contributed by atoms with Crippen molar-refractivity contribution in [3.8, 4) is 0 Å². The van der Waals surface area contributed by atoms with E-state index in [2.05, 4.69) is 15.2 Å². The van der Waals surface area contributed by atoms with Gasteiger partial charge in [0.15, 0.2) is 5.76 Å². The van der Waals surface area contributed by atoms with E-state index in [1.54, 1.807) is 42.8 Å². The molecular formula is C18H15N3O3S. The van der Waals surface area contributed by atoms with Gasteiger partial charge in [-0.3, -0.25) is 0 Å². The first kappa shape index (κ1) is 16.8. The molecule has 0 spiro atoms. The largest absolute Gasteiger partial charge is 0.505 e. The van der Waals surface area contributed by atoms with Crippen molar-refractivity contribution in [1.82, 2.24) is 4.98 Å². The molecule has 0 aliphatic rings. The maximum atomic E-state index is 12.1. The fraction of sp³-hybridized carbons (Fsp3) is 0.111. The molecule has 0 radical (unpaired) electrons. The van der Waals surface area contributed by atoms with Gasteiger partial charge in [-0.25, -0.2) is 9.78 Å². The van der Waals surface area contributed by atoms with E-state index >= 15 is 0 Å². The Labute approximate surface area is 148 Å². The first-order chi connectivity index (χ1) is 12.2. The molecule has 1 N–H and O–H groups in total. The molecule has 0 fully saturated rings. The second-order valence-corrected chi connectivity index (χ2v) is 5.87. The fourth-order valence-electron chi connectivity index (χ4n) is 2.13. The summed E-state index contributed by atoms with van der Waals surface area (Å²) >= 11 is 1.49. The van der Waals surface area contributed by atoms with E-state index in [1.807, 2.05) is 18.2 Å². The third-order valence-electron chi connectivity index (χ3n) is 3.32. The van der Waals surface area contributed by atoms with Crippen molar-refractivity contribution in [3.63, 3.8) is 0 Å². The zero-order valence-corrected chi connectivity index (χ0v) is 14.2. The number of fused-ring (bicyclic) bond motifs is 1. The summed E-state index contributed by atoms with van der Waals surface area (Å²) in [6.45, 7) is 1.86. The predicted octanol–water partition coefficient (Wildman–Crippen LogP) is 4.87. The molecule has 3 aromatic rings. The van der Waals surface area contributed by atoms with Crippen LogP contribution < -0.4 is 0 Å². The van der Waals surface area contributed by atoms with Crippen LogP contribution in [0.2, 0.25) is 0 Å². The molecule has 0 unspecified atom stereocenters. The van der Waals surface area contributed by atoms with Crippen molar-refractivity contribution in [2.75, 3.05) is 6.61 Å². The van der Waals surface area contributed by atoms with Gasteiger partial charge in [0.1, 0.15) is 0 Å². The Morgan fingerprint density at radius 2 is 2.04 bits per heavy atom. The molecule has 2 aromatic carbocycles. The Bertz CT molecular complexity index is 948. The molecule has 0 amide bonds. The summed E-state index contributed by atoms with van der Waals surface area (Å²) in [7, 11) is 0. The van der Waals surface area contributed by atoms with Crippen LogP contribution in [0.25, 0.3) is 16.0 Å². The van der Waals surface area contributed by atoms with Crippen LogP contribution in [0.3, 0.4) is 0 Å². The quantitative estimate of drug-likeness (QED) is 0.307. The van der Waals surface area contributed by atoms with E-state index in [1.165, 1.54) is 11.3 Å². The number of rotatable bonds is 5. The lowest BCUT2D eigenvalue weighted by molar-refractivity contribution is -0.138. The Kier molecular flexibility index (Phi) is 5.15. The number of aromatic nitrogens is 1. The van der Waals surface area contributed by atoms with Crippen molar-refractivity contribution < 1.29 is 14.6 Å². The Hall–Kier alpha value is -3.06. The monoisotopic (exact) mass is 353 g/mol. The Morgan fingerprint density at radius 1 is 1.24 bits per heavy atom. The van der Waals surface area contributed by atoms with Gasteiger partial charge < -0.3 is 9.84 Å². The molecule has 7 heteroatoms. The molecule has 0 saturated heterocycles. The number of hydrogen-bond donors (Lipinski definition) is 1. The number of carbonyl (C=O) groups excluding carboxylic acids is 1. The standard InChI is InChI=1S/C18H15N3O3S/c1-2-24-18(23)16(17(22)12-6-4-3-5-7-12)21-20-13-8-9-14-15(10-13)25-11-19-14/h3-11,22H,2H2,1H3. The van der Waals surface area contributed by atoms with Gasteiger partial charge in [0.05, 0.1) is 28.0 Å². The molecule has 25 heavy (non-hydrogen) atoms. The van der Waals surface area contributed by atoms with Crippen LogP contribution in [-0.2, 0) is 9.53 Å². The lowest BCUT2D eigenvalue weighted by Gasteiger charge is -2.05. The number of hydrogen-bond acceptors (Lipinski definition) is 7. The second-order valence-electron chi connectivity index (χ2n) is 4.99. The highest BCUT2D eigenvalue weighted by molar-refractivity contribution is 7.16. The van der Waals surface area contributed by atoms with E-state index in [0.29, 0.717) is 11.3 Å². The van der Waals surface area contributed by atoms with Crippen LogP contribution in [0, 0.1) is 0 Å². The van der Waals surface area contributed by atoms with Gasteiger partial charge in [-0.15, -0.1) is 16.5 Å². The number of benzene rings is 2. The van der Waals surface area contributed by atoms with Gasteiger partial charge in [-0.1, -0.05) is 30.3 Å². The third kappa shape index (κ3) is 3.89. The first-order valence-electron chi connectivity index (χ1n) is 7.60. The zero-order chi connectivity index (χ0) is 17.6. The highest BCUT2D eigenvalue weighted by Gasteiger charge is 2.18. The minimum absolute atomic E-state index is 0.173. The van der Waals surface area contributed by atoms with Crippen LogP contribution in [0.15, 0.2) is 70.0 Å². The summed E-state index contributed by atoms with van der Waals surface area (Å²) in [5, 5.41) is 18.4. The van der Waals surface area contributed by atoms with E-state index in [-0.39, 0.29) is 18.1 Å². The van der Waals surface area contributed by atoms with Gasteiger partial charge in [0, 0.05) is 5.56 Å². The van der Waals surface area contributed by atoms with Crippen LogP contribution in [0.4, 0.5) is 5.69 Å². The minimum Gasteiger partial charge on any atom is -0.505 e. The summed E-state index contributed by atoms with van der Waals surface area (Å²) in [5.41, 5.74) is 3.40. The van der Waals surface area contributed by atoms with Crippen molar-refractivity contribution in [1.29, 1.82) is 0 Å². The number of esters is 1. The molecule has 6 nitrogen and oxygen atoms in total. The molecule has 126 valence electrons. The summed E-state index contributed by atoms with van der Waals surface area (Å²) in [5.74, 6) is -1.01. The number of aliphatic hydroxyl groups is 1. The molecule has 0 aliphatic heterocycles. The first-order valence-corrected chi connectivity index (χ1v) is 8.47. The average molecular weight is 353 g/mol. The summed E-state index contributed by atoms with van der Waals surface area (Å²) in [4.78, 5) is 16.3. The predicted molar refractivity (Wildman–Crippen MR) is 96.8 cm³/mol. The maximum absolute atomic E-state index is 12.1. The van der Waals surface area contributed by atoms with Crippen molar-refractivity contribution in [2.45, 2.75) is 6.92 Å². The van der Waals surface area contributed by atoms with Crippen LogP contribution >= 0.6 is 11.3 Å². The van der Waals surface area contributed by atoms with Crippen LogP contribution in [0.5, 0.6) is 0 Å². The summed E-state index contributed by atoms with van der Waals surface area (Å²) in [6, 6.07) is 14.1. The lowest BCUT2D eigenvalue weighted by atomic mass is 10.1. The van der Waals surface area contributed by atoms with Crippen molar-refractivity contribution in [3.05, 3.63) is 65.3 Å². The number of aliphatic hydroxyl groups excluding tert-OH is 1. The lowest BCUT2D eigenvalue weighted by Crippen LogP contribution is -2.08. The number of nitrogens with zero attached hydrogens (tertiary/aromatic N) is 3. The van der Waals surface area contributed by atoms with Gasteiger partial charge >= 0.3 is 5.97 Å². The van der Waals surface area contributed by atoms with Crippen LogP contribution in [-0.4, -0.2) is 22.7 Å². The third-order valence-corrected chi connectivity index (χ3v) is 4.11. The normalized spacial score (nSPS) is 12.4. The smallest absolute Gasteiger partial charge is 0.362 e. The highest BCUT2D eigenvalue weighted by Crippen LogP contribution is 2.25. The molecular weight excluding hydrogens is 338 g/mol. The molecule has 1 aromatic heterocycles. The topological polar surface area (TPSA) is 84.1 Å². The molecule has 3 rings (SSSR count). The van der Waals surface area contributed by atoms with E-state index in [9.17, 15) is 9.90 Å². The molecule has 1 heterocycles. The average Bonchev–Trinajstić information content (AvgIpc) is 3.10. The Morgan fingerprint density at radius 3 is 2.80 bits per heavy atom. The summed E-state index contributed by atoms with van der Waals surface area (Å²) < 4.78 is 5.94. The van der Waals surface area contributed by atoms with Gasteiger partial charge in [-0.05, 0) is 25.1 Å². The second kappa shape index (κ2) is 7.67. The van der Waals surface area contributed by atoms with Gasteiger partial charge in [0.25, 0.3) is 0 Å². The van der Waals surface area contributed by atoms with Crippen LogP contribution in [0.1, 0.15) is 12.5 Å². The molecule has 0 saturated carbocycles. The van der Waals surface area contributed by atoms with Crippen molar-refractivity contribution >= 4 is 39.0 Å². The minimum atomic E-state index is -0.730. The molecule has 0 atom stereocenters. The van der Waals surface area contributed by atoms with E-state index in [4.69, 9.17) is 4.74 Å². The van der Waals surface area contributed by atoms with E-state index < -0.39 is 5.97 Å². The SMILES string of the molecule is CCOC(=O)C(N=Nc1ccc2ncsc2c1)=C(O)c1ccccc1. The van der Waals surface area contributed by atoms with Crippen molar-refractivity contribution in [2.24, 2.45) is 10.2 Å². The summed E-state index contributed by atoms with van der Waals surface area (Å²) in [6.07, 6.45) is 0. The molecule has 0 aliphatic carbocycles. The number of thiazole rings is 1. The number of ether oxygens (including phenoxy) is 1. The maximum Gasteiger partial charge on any atom is 0.362 e. The Balaban J connectivity index is 1.98. The number of azo groups is 1. The van der Waals surface area contributed by atoms with Gasteiger partial charge in [-0.2, -0.15) is 5.11 Å². The van der Waals surface area contributed by atoms with Gasteiger partial charge in [0.2, 0.25) is 5.70 Å². The highest BCUT2D eigenvalue weighted by atomic mass is 32.1.